The van der Waals surface area contributed by atoms with Crippen molar-refractivity contribution in [3.05, 3.63) is 57.5 Å². The number of hydrogen-bond donors (Lipinski definition) is 1. The van der Waals surface area contributed by atoms with E-state index >= 15 is 0 Å². The highest BCUT2D eigenvalue weighted by atomic mass is 35.5. The lowest BCUT2D eigenvalue weighted by Gasteiger charge is -2.12. The maximum Gasteiger partial charge on any atom is 0.312 e. The van der Waals surface area contributed by atoms with Gasteiger partial charge in [0.05, 0.1) is 17.2 Å². The summed E-state index contributed by atoms with van der Waals surface area (Å²) in [6.45, 7) is 1.40. The first-order valence-electron chi connectivity index (χ1n) is 6.37. The van der Waals surface area contributed by atoms with E-state index in [1.54, 1.807) is 19.1 Å². The average molecular weight is 325 g/mol. The molecule has 0 aliphatic rings. The molecule has 0 saturated carbocycles. The summed E-state index contributed by atoms with van der Waals surface area (Å²) in [6, 6.07) is 7.09. The lowest BCUT2D eigenvalue weighted by atomic mass is 10.2. The van der Waals surface area contributed by atoms with Gasteiger partial charge in [-0.15, -0.1) is 0 Å². The van der Waals surface area contributed by atoms with E-state index in [1.807, 2.05) is 0 Å². The van der Waals surface area contributed by atoms with Gasteiger partial charge in [0.2, 0.25) is 0 Å². The van der Waals surface area contributed by atoms with Crippen LogP contribution in [0.1, 0.15) is 18.7 Å². The molecule has 8 heteroatoms. The molecule has 22 heavy (non-hydrogen) atoms. The third kappa shape index (κ3) is 3.98. The van der Waals surface area contributed by atoms with Crippen LogP contribution in [-0.2, 0) is 4.79 Å². The quantitative estimate of drug-likeness (QED) is 0.650. The van der Waals surface area contributed by atoms with Gasteiger partial charge in [0.25, 0.3) is 5.91 Å². The molecule has 0 saturated heterocycles. The van der Waals surface area contributed by atoms with Gasteiger partial charge in [-0.3, -0.25) is 14.9 Å². The summed E-state index contributed by atoms with van der Waals surface area (Å²) in [6.07, 6.45) is 1.51. The SMILES string of the molecule is C[C@@H](NC(=O)COc1ccc(Cl)cc1[N+](=O)[O-])c1ccco1. The molecule has 0 fully saturated rings. The van der Waals surface area contributed by atoms with Gasteiger partial charge in [-0.1, -0.05) is 11.6 Å². The number of carbonyl (C=O) groups excluding carboxylic acids is 1. The summed E-state index contributed by atoms with van der Waals surface area (Å²) in [7, 11) is 0. The molecule has 0 spiro atoms. The van der Waals surface area contributed by atoms with Gasteiger partial charge in [0, 0.05) is 11.1 Å². The van der Waals surface area contributed by atoms with E-state index in [4.69, 9.17) is 20.8 Å². The zero-order valence-electron chi connectivity index (χ0n) is 11.6. The summed E-state index contributed by atoms with van der Waals surface area (Å²) in [5, 5.41) is 13.8. The molecule has 1 aromatic heterocycles. The highest BCUT2D eigenvalue weighted by Gasteiger charge is 2.18. The maximum atomic E-state index is 11.8. The average Bonchev–Trinajstić information content (AvgIpc) is 3.00. The van der Waals surface area contributed by atoms with Crippen LogP contribution < -0.4 is 10.1 Å². The van der Waals surface area contributed by atoms with E-state index in [0.717, 1.165) is 0 Å². The fraction of sp³-hybridized carbons (Fsp3) is 0.214. The second-order valence-corrected chi connectivity index (χ2v) is 4.90. The maximum absolute atomic E-state index is 11.8. The van der Waals surface area contributed by atoms with E-state index in [0.29, 0.717) is 5.76 Å². The molecule has 2 rings (SSSR count). The van der Waals surface area contributed by atoms with Crippen LogP contribution in [0.4, 0.5) is 5.69 Å². The summed E-state index contributed by atoms with van der Waals surface area (Å²) in [4.78, 5) is 22.1. The zero-order chi connectivity index (χ0) is 16.1. The van der Waals surface area contributed by atoms with Crippen molar-refractivity contribution in [1.82, 2.24) is 5.32 Å². The molecule has 0 radical (unpaired) electrons. The standard InChI is InChI=1S/C14H13ClN2O5/c1-9(12-3-2-6-21-12)16-14(18)8-22-13-5-4-10(15)7-11(13)17(19)20/h2-7,9H,8H2,1H3,(H,16,18)/t9-/m1/s1. The van der Waals surface area contributed by atoms with Gasteiger partial charge >= 0.3 is 5.69 Å². The number of nitro benzene ring substituents is 1. The monoisotopic (exact) mass is 324 g/mol. The Morgan fingerprint density at radius 2 is 2.27 bits per heavy atom. The number of halogens is 1. The molecule has 1 heterocycles. The summed E-state index contributed by atoms with van der Waals surface area (Å²) < 4.78 is 10.4. The van der Waals surface area contributed by atoms with E-state index in [1.165, 1.54) is 24.5 Å². The molecule has 1 N–H and O–H groups in total. The number of hydrogen-bond acceptors (Lipinski definition) is 5. The molecule has 0 aliphatic carbocycles. The number of nitro groups is 1. The van der Waals surface area contributed by atoms with Crippen LogP contribution in [0.3, 0.4) is 0 Å². The number of furan rings is 1. The van der Waals surface area contributed by atoms with Crippen LogP contribution >= 0.6 is 11.6 Å². The number of ether oxygens (including phenoxy) is 1. The van der Waals surface area contributed by atoms with E-state index < -0.39 is 10.8 Å². The summed E-state index contributed by atoms with van der Waals surface area (Å²) in [5.74, 6) is 0.161. The first kappa shape index (κ1) is 15.8. The second kappa shape index (κ2) is 6.95. The van der Waals surface area contributed by atoms with Crippen LogP contribution in [0.5, 0.6) is 5.75 Å². The van der Waals surface area contributed by atoms with Gasteiger partial charge in [0.15, 0.2) is 12.4 Å². The van der Waals surface area contributed by atoms with Crippen molar-refractivity contribution in [3.63, 3.8) is 0 Å². The third-order valence-electron chi connectivity index (χ3n) is 2.82. The smallest absolute Gasteiger partial charge is 0.312 e. The predicted molar refractivity (Wildman–Crippen MR) is 78.9 cm³/mol. The topological polar surface area (TPSA) is 94.6 Å². The second-order valence-electron chi connectivity index (χ2n) is 4.46. The Morgan fingerprint density at radius 1 is 1.50 bits per heavy atom. The van der Waals surface area contributed by atoms with Crippen molar-refractivity contribution in [3.8, 4) is 5.75 Å². The van der Waals surface area contributed by atoms with E-state index in [9.17, 15) is 14.9 Å². The molecule has 0 bridgehead atoms. The summed E-state index contributed by atoms with van der Waals surface area (Å²) in [5.41, 5.74) is -0.292. The minimum Gasteiger partial charge on any atom is -0.477 e. The van der Waals surface area contributed by atoms with Gasteiger partial charge in [-0.05, 0) is 31.2 Å². The van der Waals surface area contributed by atoms with Gasteiger partial charge in [-0.25, -0.2) is 0 Å². The Bertz CT molecular complexity index is 672. The molecule has 0 aliphatic heterocycles. The van der Waals surface area contributed by atoms with E-state index in [2.05, 4.69) is 5.32 Å². The Hall–Kier alpha value is -2.54. The lowest BCUT2D eigenvalue weighted by Crippen LogP contribution is -2.31. The fourth-order valence-electron chi connectivity index (χ4n) is 1.79. The molecule has 2 aromatic rings. The highest BCUT2D eigenvalue weighted by molar-refractivity contribution is 6.30. The van der Waals surface area contributed by atoms with Crippen molar-refractivity contribution in [1.29, 1.82) is 0 Å². The molecule has 1 atom stereocenters. The number of rotatable bonds is 6. The fourth-order valence-corrected chi connectivity index (χ4v) is 1.96. The van der Waals surface area contributed by atoms with Crippen molar-refractivity contribution >= 4 is 23.2 Å². The minimum absolute atomic E-state index is 0.0183. The molecular formula is C14H13ClN2O5. The van der Waals surface area contributed by atoms with Crippen LogP contribution in [-0.4, -0.2) is 17.4 Å². The summed E-state index contributed by atoms with van der Waals surface area (Å²) >= 11 is 5.70. The normalized spacial score (nSPS) is 11.7. The number of nitrogens with zero attached hydrogens (tertiary/aromatic N) is 1. The Kier molecular flexibility index (Phi) is 5.00. The van der Waals surface area contributed by atoms with Crippen molar-refractivity contribution in [2.45, 2.75) is 13.0 Å². The Morgan fingerprint density at radius 3 is 2.91 bits per heavy atom. The minimum atomic E-state index is -0.620. The van der Waals surface area contributed by atoms with E-state index in [-0.39, 0.29) is 29.1 Å². The van der Waals surface area contributed by atoms with Gasteiger partial charge in [0.1, 0.15) is 5.76 Å². The lowest BCUT2D eigenvalue weighted by molar-refractivity contribution is -0.385. The van der Waals surface area contributed by atoms with Gasteiger partial charge < -0.3 is 14.5 Å². The molecule has 7 nitrogen and oxygen atoms in total. The third-order valence-corrected chi connectivity index (χ3v) is 3.06. The Labute approximate surface area is 131 Å². The number of carbonyl (C=O) groups is 1. The number of benzene rings is 1. The van der Waals surface area contributed by atoms with Crippen LogP contribution in [0.2, 0.25) is 5.02 Å². The van der Waals surface area contributed by atoms with Crippen LogP contribution in [0.25, 0.3) is 0 Å². The van der Waals surface area contributed by atoms with Gasteiger partial charge in [-0.2, -0.15) is 0 Å². The molecule has 0 unspecified atom stereocenters. The van der Waals surface area contributed by atoms with Crippen molar-refractivity contribution < 1.29 is 18.9 Å². The molecule has 1 amide bonds. The molecule has 116 valence electrons. The largest absolute Gasteiger partial charge is 0.477 e. The number of nitrogens with one attached hydrogen (secondary N) is 1. The Balaban J connectivity index is 1.95. The van der Waals surface area contributed by atoms with Crippen LogP contribution in [0.15, 0.2) is 41.0 Å². The number of amides is 1. The van der Waals surface area contributed by atoms with Crippen molar-refractivity contribution in [2.24, 2.45) is 0 Å². The zero-order valence-corrected chi connectivity index (χ0v) is 12.4. The predicted octanol–water partition coefficient (Wildman–Crippen LogP) is 3.10. The van der Waals surface area contributed by atoms with Crippen molar-refractivity contribution in [2.75, 3.05) is 6.61 Å². The molecular weight excluding hydrogens is 312 g/mol. The highest BCUT2D eigenvalue weighted by Crippen LogP contribution is 2.29. The molecule has 1 aromatic carbocycles. The van der Waals surface area contributed by atoms with Crippen LogP contribution in [0, 0.1) is 10.1 Å². The first-order valence-corrected chi connectivity index (χ1v) is 6.74. The first-order chi connectivity index (χ1) is 10.5.